The Kier molecular flexibility index (Phi) is 4.37. The van der Waals surface area contributed by atoms with Gasteiger partial charge in [0.15, 0.2) is 0 Å². The molecule has 0 bridgehead atoms. The second-order valence-electron chi connectivity index (χ2n) is 5.20. The Labute approximate surface area is 102 Å². The number of nitrogens with zero attached hydrogens (tertiary/aromatic N) is 1. The number of carbonyl (C=O) groups is 2. The van der Waals surface area contributed by atoms with E-state index in [1.165, 1.54) is 12.8 Å². The van der Waals surface area contributed by atoms with Gasteiger partial charge in [0.2, 0.25) is 0 Å². The molecule has 1 unspecified atom stereocenters. The van der Waals surface area contributed by atoms with E-state index >= 15 is 0 Å². The first-order chi connectivity index (χ1) is 7.89. The highest BCUT2D eigenvalue weighted by Gasteiger charge is 2.32. The lowest BCUT2D eigenvalue weighted by Gasteiger charge is -2.25. The van der Waals surface area contributed by atoms with Crippen LogP contribution in [0.3, 0.4) is 0 Å². The molecule has 0 saturated heterocycles. The summed E-state index contributed by atoms with van der Waals surface area (Å²) in [5.74, 6) is -0.229. The maximum atomic E-state index is 11.7. The van der Waals surface area contributed by atoms with E-state index in [1.54, 1.807) is 18.9 Å². The molecule has 1 aliphatic rings. The molecule has 1 rings (SSSR count). The van der Waals surface area contributed by atoms with Crippen LogP contribution < -0.4 is 5.32 Å². The summed E-state index contributed by atoms with van der Waals surface area (Å²) in [6.07, 6.45) is 2.88. The molecule has 0 aliphatic heterocycles. The fourth-order valence-corrected chi connectivity index (χ4v) is 1.53. The van der Waals surface area contributed by atoms with Crippen LogP contribution in [0.2, 0.25) is 0 Å². The molecule has 1 atom stereocenters. The molecule has 0 heterocycles. The third-order valence-corrected chi connectivity index (χ3v) is 3.50. The van der Waals surface area contributed by atoms with Gasteiger partial charge in [-0.15, -0.1) is 0 Å². The predicted octanol–water partition coefficient (Wildman–Crippen LogP) is 1.54. The van der Waals surface area contributed by atoms with Crippen LogP contribution in [-0.2, 0) is 4.79 Å². The molecule has 17 heavy (non-hydrogen) atoms. The molecular formula is C12H22N2O3. The van der Waals surface area contributed by atoms with Crippen LogP contribution in [0.5, 0.6) is 0 Å². The second-order valence-corrected chi connectivity index (χ2v) is 5.20. The summed E-state index contributed by atoms with van der Waals surface area (Å²) < 4.78 is 0. The lowest BCUT2D eigenvalue weighted by atomic mass is 9.88. The van der Waals surface area contributed by atoms with Crippen molar-refractivity contribution in [1.82, 2.24) is 10.2 Å². The Morgan fingerprint density at radius 1 is 1.47 bits per heavy atom. The minimum atomic E-state index is -0.879. The van der Waals surface area contributed by atoms with Crippen molar-refractivity contribution < 1.29 is 14.7 Å². The molecular weight excluding hydrogens is 220 g/mol. The zero-order chi connectivity index (χ0) is 13.1. The number of hydrogen-bond donors (Lipinski definition) is 2. The van der Waals surface area contributed by atoms with Crippen molar-refractivity contribution in [1.29, 1.82) is 0 Å². The number of hydrogen-bond acceptors (Lipinski definition) is 2. The number of aliphatic carboxylic acids is 1. The van der Waals surface area contributed by atoms with Gasteiger partial charge < -0.3 is 15.3 Å². The van der Waals surface area contributed by atoms with Gasteiger partial charge in [0, 0.05) is 20.1 Å². The van der Waals surface area contributed by atoms with Gasteiger partial charge in [-0.05, 0) is 32.1 Å². The summed E-state index contributed by atoms with van der Waals surface area (Å²) in [7, 11) is 1.75. The third-order valence-electron chi connectivity index (χ3n) is 3.50. The lowest BCUT2D eigenvalue weighted by molar-refractivity contribution is -0.147. The van der Waals surface area contributed by atoms with E-state index in [9.17, 15) is 9.59 Å². The van der Waals surface area contributed by atoms with Crippen LogP contribution in [-0.4, -0.2) is 42.1 Å². The van der Waals surface area contributed by atoms with Crippen LogP contribution in [0.1, 0.15) is 33.1 Å². The van der Waals surface area contributed by atoms with Crippen molar-refractivity contribution in [3.05, 3.63) is 0 Å². The largest absolute Gasteiger partial charge is 0.481 e. The highest BCUT2D eigenvalue weighted by Crippen LogP contribution is 2.29. The maximum absolute atomic E-state index is 11.7. The molecule has 1 saturated carbocycles. The van der Waals surface area contributed by atoms with Crippen LogP contribution in [0.15, 0.2) is 0 Å². The van der Waals surface area contributed by atoms with Gasteiger partial charge in [-0.25, -0.2) is 4.79 Å². The first-order valence-corrected chi connectivity index (χ1v) is 6.11. The summed E-state index contributed by atoms with van der Waals surface area (Å²) in [5.41, 5.74) is -0.879. The average molecular weight is 242 g/mol. The molecule has 2 N–H and O–H groups in total. The fraction of sp³-hybridized carbons (Fsp3) is 0.833. The summed E-state index contributed by atoms with van der Waals surface area (Å²) in [4.78, 5) is 24.4. The van der Waals surface area contributed by atoms with E-state index in [1.807, 2.05) is 6.92 Å². The number of carboxylic acid groups (broad SMARTS) is 1. The third kappa shape index (κ3) is 3.91. The minimum absolute atomic E-state index is 0.173. The van der Waals surface area contributed by atoms with E-state index in [-0.39, 0.29) is 12.6 Å². The number of nitrogens with one attached hydrogen (secondary N) is 1. The summed E-state index contributed by atoms with van der Waals surface area (Å²) in [5, 5.41) is 11.8. The van der Waals surface area contributed by atoms with Gasteiger partial charge in [0.05, 0.1) is 5.41 Å². The Hall–Kier alpha value is -1.26. The van der Waals surface area contributed by atoms with Crippen molar-refractivity contribution in [2.45, 2.75) is 33.1 Å². The Balaban J connectivity index is 2.37. The van der Waals surface area contributed by atoms with E-state index in [4.69, 9.17) is 5.11 Å². The summed E-state index contributed by atoms with van der Waals surface area (Å²) in [6.45, 7) is 4.40. The molecule has 98 valence electrons. The van der Waals surface area contributed by atoms with Crippen LogP contribution in [0.4, 0.5) is 4.79 Å². The van der Waals surface area contributed by atoms with Gasteiger partial charge in [-0.3, -0.25) is 4.79 Å². The summed E-state index contributed by atoms with van der Waals surface area (Å²) in [6, 6.07) is -0.183. The van der Waals surface area contributed by atoms with E-state index < -0.39 is 11.4 Å². The van der Waals surface area contributed by atoms with Crippen molar-refractivity contribution in [3.8, 4) is 0 Å². The smallest absolute Gasteiger partial charge is 0.317 e. The second kappa shape index (κ2) is 5.38. The van der Waals surface area contributed by atoms with Crippen LogP contribution in [0.25, 0.3) is 0 Å². The molecule has 0 radical (unpaired) electrons. The molecule has 1 aliphatic carbocycles. The standard InChI is InChI=1S/C12H22N2O3/c1-4-12(2,10(15)16)8-13-11(17)14(3)7-9-5-6-9/h9H,4-8H2,1-3H3,(H,13,17)(H,15,16). The van der Waals surface area contributed by atoms with Crippen molar-refractivity contribution >= 4 is 12.0 Å². The number of rotatable bonds is 6. The predicted molar refractivity (Wildman–Crippen MR) is 64.8 cm³/mol. The lowest BCUT2D eigenvalue weighted by Crippen LogP contribution is -2.45. The minimum Gasteiger partial charge on any atom is -0.481 e. The molecule has 2 amide bonds. The zero-order valence-corrected chi connectivity index (χ0v) is 10.8. The normalized spacial score (nSPS) is 18.3. The zero-order valence-electron chi connectivity index (χ0n) is 10.8. The average Bonchev–Trinajstić information content (AvgIpc) is 3.08. The van der Waals surface area contributed by atoms with Crippen molar-refractivity contribution in [2.75, 3.05) is 20.1 Å². The monoisotopic (exact) mass is 242 g/mol. The molecule has 0 aromatic carbocycles. The topological polar surface area (TPSA) is 69.6 Å². The van der Waals surface area contributed by atoms with Crippen LogP contribution >= 0.6 is 0 Å². The Bertz CT molecular complexity index is 302. The molecule has 1 fully saturated rings. The number of carboxylic acids is 1. The van der Waals surface area contributed by atoms with E-state index in [2.05, 4.69) is 5.32 Å². The Morgan fingerprint density at radius 2 is 2.06 bits per heavy atom. The molecule has 0 aromatic rings. The molecule has 5 heteroatoms. The molecule has 0 spiro atoms. The SMILES string of the molecule is CCC(C)(CNC(=O)N(C)CC1CC1)C(=O)O. The molecule has 0 aromatic heterocycles. The van der Waals surface area contributed by atoms with E-state index in [0.29, 0.717) is 12.3 Å². The van der Waals surface area contributed by atoms with E-state index in [0.717, 1.165) is 6.54 Å². The van der Waals surface area contributed by atoms with Gasteiger partial charge in [-0.1, -0.05) is 6.92 Å². The quantitative estimate of drug-likeness (QED) is 0.742. The highest BCUT2D eigenvalue weighted by atomic mass is 16.4. The maximum Gasteiger partial charge on any atom is 0.317 e. The number of urea groups is 1. The first kappa shape index (κ1) is 13.8. The summed E-state index contributed by atoms with van der Waals surface area (Å²) >= 11 is 0. The molecule has 5 nitrogen and oxygen atoms in total. The van der Waals surface area contributed by atoms with Crippen LogP contribution in [0, 0.1) is 11.3 Å². The Morgan fingerprint density at radius 3 is 2.47 bits per heavy atom. The fourth-order valence-electron chi connectivity index (χ4n) is 1.53. The van der Waals surface area contributed by atoms with Crippen molar-refractivity contribution in [3.63, 3.8) is 0 Å². The number of carbonyl (C=O) groups excluding carboxylic acids is 1. The van der Waals surface area contributed by atoms with Gasteiger partial charge in [0.1, 0.15) is 0 Å². The van der Waals surface area contributed by atoms with Crippen molar-refractivity contribution in [2.24, 2.45) is 11.3 Å². The first-order valence-electron chi connectivity index (χ1n) is 6.11. The van der Waals surface area contributed by atoms with Gasteiger partial charge in [-0.2, -0.15) is 0 Å². The highest BCUT2D eigenvalue weighted by molar-refractivity contribution is 5.77. The van der Waals surface area contributed by atoms with Gasteiger partial charge in [0.25, 0.3) is 0 Å². The number of amides is 2. The van der Waals surface area contributed by atoms with Gasteiger partial charge >= 0.3 is 12.0 Å².